The number of allylic oxidation sites excluding steroid dienone is 1. The number of ketones is 1. The summed E-state index contributed by atoms with van der Waals surface area (Å²) in [6.45, 7) is 0. The fraction of sp³-hybridized carbons (Fsp3) is 0.0541. The summed E-state index contributed by atoms with van der Waals surface area (Å²) in [6, 6.07) is 35.1. The van der Waals surface area contributed by atoms with Crippen LogP contribution < -0.4 is 0 Å². The Labute approximate surface area is 268 Å². The largest absolute Gasteiger partial charge is 0.478 e. The Morgan fingerprint density at radius 2 is 1.20 bits per heavy atom. The van der Waals surface area contributed by atoms with E-state index in [9.17, 15) is 29.5 Å². The molecular formula is C37H25NO7S. The van der Waals surface area contributed by atoms with Crippen LogP contribution in [0.15, 0.2) is 127 Å². The van der Waals surface area contributed by atoms with Crippen LogP contribution in [0.25, 0.3) is 22.1 Å². The molecule has 0 saturated heterocycles. The number of esters is 2. The summed E-state index contributed by atoms with van der Waals surface area (Å²) in [5, 5.41) is 21.8. The lowest BCUT2D eigenvalue weighted by Gasteiger charge is -2.23. The molecule has 0 spiro atoms. The molecule has 0 saturated carbocycles. The van der Waals surface area contributed by atoms with Gasteiger partial charge in [-0.25, -0.2) is 14.4 Å². The van der Waals surface area contributed by atoms with Gasteiger partial charge in [0.1, 0.15) is 0 Å². The van der Waals surface area contributed by atoms with Crippen molar-refractivity contribution in [2.24, 2.45) is 0 Å². The van der Waals surface area contributed by atoms with Gasteiger partial charge in [-0.15, -0.1) is 11.3 Å². The highest BCUT2D eigenvalue weighted by Gasteiger charge is 2.41. The molecule has 46 heavy (non-hydrogen) atoms. The number of aliphatic carboxylic acids is 1. The summed E-state index contributed by atoms with van der Waals surface area (Å²) in [5.74, 6) is -4.54. The Hall–Kier alpha value is -6.11. The van der Waals surface area contributed by atoms with Crippen molar-refractivity contribution < 1.29 is 33.8 Å². The average molecular weight is 628 g/mol. The van der Waals surface area contributed by atoms with Gasteiger partial charge < -0.3 is 14.6 Å². The van der Waals surface area contributed by atoms with Crippen molar-refractivity contribution in [3.8, 4) is 16.5 Å². The molecule has 1 heterocycles. The lowest BCUT2D eigenvalue weighted by atomic mass is 9.98. The lowest BCUT2D eigenvalue weighted by Crippen LogP contribution is -2.46. The van der Waals surface area contributed by atoms with Gasteiger partial charge in [-0.3, -0.25) is 4.79 Å². The third-order valence-electron chi connectivity index (χ3n) is 6.89. The number of carbonyl (C=O) groups is 4. The van der Waals surface area contributed by atoms with Crippen molar-refractivity contribution in [1.29, 1.82) is 5.26 Å². The van der Waals surface area contributed by atoms with E-state index >= 15 is 0 Å². The van der Waals surface area contributed by atoms with Gasteiger partial charge in [-0.2, -0.15) is 5.26 Å². The third-order valence-corrected chi connectivity index (χ3v) is 7.81. The highest BCUT2D eigenvalue weighted by molar-refractivity contribution is 7.13. The van der Waals surface area contributed by atoms with Crippen LogP contribution in [0.2, 0.25) is 0 Å². The number of benzene rings is 4. The maximum Gasteiger partial charge on any atom is 0.349 e. The average Bonchev–Trinajstić information content (AvgIpc) is 3.65. The minimum atomic E-state index is -2.14. The molecule has 0 amide bonds. The zero-order valence-corrected chi connectivity index (χ0v) is 24.9. The van der Waals surface area contributed by atoms with E-state index in [4.69, 9.17) is 9.47 Å². The lowest BCUT2D eigenvalue weighted by molar-refractivity contribution is -0.152. The van der Waals surface area contributed by atoms with Crippen molar-refractivity contribution >= 4 is 46.7 Å². The Balaban J connectivity index is 1.41. The molecular weight excluding hydrogens is 602 g/mol. The van der Waals surface area contributed by atoms with E-state index in [1.165, 1.54) is 36.4 Å². The van der Waals surface area contributed by atoms with Gasteiger partial charge in [0, 0.05) is 10.4 Å². The van der Waals surface area contributed by atoms with Crippen molar-refractivity contribution in [3.63, 3.8) is 0 Å². The second kappa shape index (κ2) is 14.6. The monoisotopic (exact) mass is 627 g/mol. The van der Waals surface area contributed by atoms with E-state index in [2.05, 4.69) is 6.07 Å². The molecule has 2 atom stereocenters. The van der Waals surface area contributed by atoms with Crippen LogP contribution >= 0.6 is 11.3 Å². The van der Waals surface area contributed by atoms with Gasteiger partial charge in [0.05, 0.1) is 22.8 Å². The van der Waals surface area contributed by atoms with Crippen LogP contribution in [-0.2, 0) is 14.3 Å². The van der Waals surface area contributed by atoms with Gasteiger partial charge >= 0.3 is 17.9 Å². The first-order valence-corrected chi connectivity index (χ1v) is 14.9. The topological polar surface area (TPSA) is 131 Å². The standard InChI is InChI=1S/C37H25NO7S/c38-23-30(25-17-19-26(20-18-25)31-12-7-21-46-31)22-24-13-15-27(16-14-24)32(39)33(44-36(42)28-8-3-1-4-9-28)34(35(40)41)45-37(43)29-10-5-2-6-11-29/h1-22,33-34H,(H,40,41)/b30-22+. The minimum Gasteiger partial charge on any atom is -0.478 e. The SMILES string of the molecule is N#C/C(=C\c1ccc(C(=O)C(OC(=O)c2ccccc2)C(OC(=O)c2ccccc2)C(=O)O)cc1)c1ccc(-c2cccs2)cc1. The van der Waals surface area contributed by atoms with E-state index in [0.717, 1.165) is 10.4 Å². The van der Waals surface area contributed by atoms with Crippen LogP contribution in [0.3, 0.4) is 0 Å². The molecule has 0 bridgehead atoms. The number of hydrogen-bond donors (Lipinski definition) is 1. The third kappa shape index (κ3) is 7.50. The summed E-state index contributed by atoms with van der Waals surface area (Å²) in [4.78, 5) is 52.9. The number of rotatable bonds is 11. The highest BCUT2D eigenvalue weighted by Crippen LogP contribution is 2.27. The maximum atomic E-state index is 13.7. The van der Waals surface area contributed by atoms with Gasteiger partial charge in [0.25, 0.3) is 0 Å². The molecule has 8 nitrogen and oxygen atoms in total. The molecule has 1 N–H and O–H groups in total. The molecule has 0 fully saturated rings. The second-order valence-electron chi connectivity index (χ2n) is 9.93. The molecule has 9 heteroatoms. The van der Waals surface area contributed by atoms with E-state index in [1.807, 2.05) is 41.8 Å². The summed E-state index contributed by atoms with van der Waals surface area (Å²) in [7, 11) is 0. The Kier molecular flexibility index (Phi) is 9.92. The predicted molar refractivity (Wildman–Crippen MR) is 173 cm³/mol. The van der Waals surface area contributed by atoms with Crippen molar-refractivity contribution in [2.45, 2.75) is 12.2 Å². The number of Topliss-reactive ketones (excluding diaryl/α,β-unsaturated/α-hetero) is 1. The molecule has 5 rings (SSSR count). The van der Waals surface area contributed by atoms with Crippen molar-refractivity contribution in [2.75, 3.05) is 0 Å². The summed E-state index contributed by atoms with van der Waals surface area (Å²) in [5.41, 5.74) is 2.87. The highest BCUT2D eigenvalue weighted by atomic mass is 32.1. The molecule has 1 aromatic heterocycles. The first-order chi connectivity index (χ1) is 22.3. The number of thiophene rings is 1. The van der Waals surface area contributed by atoms with Crippen LogP contribution in [0.1, 0.15) is 42.2 Å². The second-order valence-corrected chi connectivity index (χ2v) is 10.9. The van der Waals surface area contributed by atoms with Gasteiger partial charge in [0.15, 0.2) is 0 Å². The molecule has 0 aliphatic rings. The number of carboxylic acid groups (broad SMARTS) is 1. The maximum absolute atomic E-state index is 13.7. The molecule has 5 aromatic rings. The van der Waals surface area contributed by atoms with Crippen LogP contribution in [-0.4, -0.2) is 41.0 Å². The van der Waals surface area contributed by atoms with E-state index in [0.29, 0.717) is 16.7 Å². The quantitative estimate of drug-likeness (QED) is 0.0704. The van der Waals surface area contributed by atoms with Gasteiger partial charge in [-0.1, -0.05) is 91.0 Å². The fourth-order valence-electron chi connectivity index (χ4n) is 4.52. The van der Waals surface area contributed by atoms with Crippen molar-refractivity contribution in [3.05, 3.63) is 155 Å². The smallest absolute Gasteiger partial charge is 0.349 e. The minimum absolute atomic E-state index is 0.00355. The first-order valence-electron chi connectivity index (χ1n) is 14.0. The number of carboxylic acids is 1. The van der Waals surface area contributed by atoms with Gasteiger partial charge in [-0.05, 0) is 58.5 Å². The summed E-state index contributed by atoms with van der Waals surface area (Å²) in [6.07, 6.45) is -2.49. The van der Waals surface area contributed by atoms with Crippen LogP contribution in [0, 0.1) is 11.3 Å². The summed E-state index contributed by atoms with van der Waals surface area (Å²) < 4.78 is 10.6. The normalized spacial score (nSPS) is 12.3. The Bertz CT molecular complexity index is 1910. The summed E-state index contributed by atoms with van der Waals surface area (Å²) >= 11 is 1.62. The molecule has 0 radical (unpaired) electrons. The number of nitriles is 1. The molecule has 4 aromatic carbocycles. The predicted octanol–water partition coefficient (Wildman–Crippen LogP) is 7.20. The van der Waals surface area contributed by atoms with E-state index < -0.39 is 35.9 Å². The first kappa shape index (κ1) is 31.3. The van der Waals surface area contributed by atoms with Gasteiger partial charge in [0.2, 0.25) is 18.0 Å². The Morgan fingerprint density at radius 3 is 1.70 bits per heavy atom. The van der Waals surface area contributed by atoms with E-state index in [1.54, 1.807) is 65.9 Å². The number of ether oxygens (including phenoxy) is 2. The van der Waals surface area contributed by atoms with Crippen molar-refractivity contribution in [1.82, 2.24) is 0 Å². The van der Waals surface area contributed by atoms with E-state index in [-0.39, 0.29) is 16.7 Å². The Morgan fingerprint density at radius 1 is 0.652 bits per heavy atom. The zero-order chi connectivity index (χ0) is 32.5. The zero-order valence-electron chi connectivity index (χ0n) is 24.1. The fourth-order valence-corrected chi connectivity index (χ4v) is 5.25. The molecule has 0 aliphatic carbocycles. The number of hydrogen-bond acceptors (Lipinski definition) is 8. The number of nitrogens with zero attached hydrogens (tertiary/aromatic N) is 1. The molecule has 0 aliphatic heterocycles. The van der Waals surface area contributed by atoms with Crippen LogP contribution in [0.4, 0.5) is 0 Å². The number of carbonyl (C=O) groups excluding carboxylic acids is 3. The molecule has 2 unspecified atom stereocenters. The van der Waals surface area contributed by atoms with Crippen LogP contribution in [0.5, 0.6) is 0 Å². The molecule has 226 valence electrons.